The lowest BCUT2D eigenvalue weighted by molar-refractivity contribution is -0.161. The highest BCUT2D eigenvalue weighted by molar-refractivity contribution is 7.47. The Morgan fingerprint density at radius 3 is 1.57 bits per heavy atom. The van der Waals surface area contributed by atoms with E-state index in [4.69, 9.17) is 24.8 Å². The smallest absolute Gasteiger partial charge is 0.472 e. The standard InChI is InChI=1S/C39H72NO10P/c1-3-5-7-9-11-13-15-16-17-18-19-20-21-23-25-27-29-31-38(42)50-35(33-48-51(45,46)49-34-36(40)39(43)44)32-47-37(41)30-28-26-24-22-14-12-10-8-6-4-2/h11,13,16-17,35-36H,3-10,12,14-15,18-34,40H2,1-2H3,(H,43,44)(H,45,46)/b13-11-,17-16-. The van der Waals surface area contributed by atoms with Crippen molar-refractivity contribution < 1.29 is 47.5 Å². The van der Waals surface area contributed by atoms with E-state index in [9.17, 15) is 23.8 Å². The normalized spacial score (nSPS) is 14.1. The average Bonchev–Trinajstić information content (AvgIpc) is 3.10. The van der Waals surface area contributed by atoms with E-state index in [1.165, 1.54) is 77.0 Å². The minimum Gasteiger partial charge on any atom is -0.480 e. The molecule has 0 heterocycles. The molecule has 3 unspecified atom stereocenters. The molecule has 12 heteroatoms. The van der Waals surface area contributed by atoms with Crippen molar-refractivity contribution in [1.29, 1.82) is 0 Å². The van der Waals surface area contributed by atoms with Crippen LogP contribution in [-0.2, 0) is 37.5 Å². The third-order valence-electron chi connectivity index (χ3n) is 8.45. The van der Waals surface area contributed by atoms with Gasteiger partial charge in [-0.25, -0.2) is 4.57 Å². The van der Waals surface area contributed by atoms with Gasteiger partial charge < -0.3 is 25.2 Å². The number of phosphoric acid groups is 1. The van der Waals surface area contributed by atoms with Crippen LogP contribution in [0.15, 0.2) is 24.3 Å². The highest BCUT2D eigenvalue weighted by atomic mass is 31.2. The second-order valence-electron chi connectivity index (χ2n) is 13.4. The molecule has 0 aromatic rings. The Bertz CT molecular complexity index is 974. The van der Waals surface area contributed by atoms with Crippen LogP contribution in [0.25, 0.3) is 0 Å². The van der Waals surface area contributed by atoms with Crippen LogP contribution in [0.3, 0.4) is 0 Å². The zero-order valence-corrected chi connectivity index (χ0v) is 32.8. The summed E-state index contributed by atoms with van der Waals surface area (Å²) >= 11 is 0. The van der Waals surface area contributed by atoms with Gasteiger partial charge in [-0.1, -0.05) is 141 Å². The topological polar surface area (TPSA) is 172 Å². The fourth-order valence-corrected chi connectivity index (χ4v) is 6.05. The molecule has 0 aliphatic rings. The molecular weight excluding hydrogens is 673 g/mol. The molecule has 0 aliphatic heterocycles. The van der Waals surface area contributed by atoms with Crippen molar-refractivity contribution in [2.75, 3.05) is 19.8 Å². The lowest BCUT2D eigenvalue weighted by Gasteiger charge is -2.20. The van der Waals surface area contributed by atoms with Crippen molar-refractivity contribution in [2.45, 2.75) is 187 Å². The first kappa shape index (κ1) is 49.0. The summed E-state index contributed by atoms with van der Waals surface area (Å²) in [7, 11) is -4.71. The van der Waals surface area contributed by atoms with Crippen molar-refractivity contribution >= 4 is 25.7 Å². The molecule has 0 fully saturated rings. The van der Waals surface area contributed by atoms with Crippen LogP contribution in [0, 0.1) is 0 Å². The first-order valence-electron chi connectivity index (χ1n) is 19.9. The molecule has 0 spiro atoms. The van der Waals surface area contributed by atoms with Crippen LogP contribution in [0.1, 0.15) is 174 Å². The van der Waals surface area contributed by atoms with E-state index in [1.54, 1.807) is 0 Å². The van der Waals surface area contributed by atoms with Crippen molar-refractivity contribution in [1.82, 2.24) is 0 Å². The van der Waals surface area contributed by atoms with Crippen LogP contribution in [0.2, 0.25) is 0 Å². The molecule has 0 bridgehead atoms. The quantitative estimate of drug-likeness (QED) is 0.0239. The molecule has 51 heavy (non-hydrogen) atoms. The number of carboxylic acids is 1. The Hall–Kier alpha value is -2.04. The molecule has 4 N–H and O–H groups in total. The second kappa shape index (κ2) is 35.0. The summed E-state index contributed by atoms with van der Waals surface area (Å²) in [5, 5.41) is 8.86. The Morgan fingerprint density at radius 2 is 1.04 bits per heavy atom. The minimum atomic E-state index is -4.71. The number of esters is 2. The van der Waals surface area contributed by atoms with Gasteiger partial charge in [0.1, 0.15) is 12.6 Å². The largest absolute Gasteiger partial charge is 0.480 e. The number of carbonyl (C=O) groups is 3. The number of aliphatic carboxylic acids is 1. The number of hydrogen-bond acceptors (Lipinski definition) is 9. The van der Waals surface area contributed by atoms with Gasteiger partial charge in [-0.05, 0) is 44.9 Å². The summed E-state index contributed by atoms with van der Waals surface area (Å²) in [5.41, 5.74) is 5.32. The monoisotopic (exact) mass is 745 g/mol. The first-order chi connectivity index (χ1) is 24.6. The van der Waals surface area contributed by atoms with Crippen molar-refractivity contribution in [3.05, 3.63) is 24.3 Å². The van der Waals surface area contributed by atoms with Crippen LogP contribution in [0.4, 0.5) is 0 Å². The SMILES string of the molecule is CCCCC/C=C\C/C=C\CCCCCCCCCC(=O)OC(COC(=O)CCCCCCCCCCCC)COP(=O)(O)OCC(N)C(=O)O. The third-order valence-corrected chi connectivity index (χ3v) is 9.40. The molecule has 0 saturated carbocycles. The minimum absolute atomic E-state index is 0.154. The molecule has 0 aliphatic carbocycles. The van der Waals surface area contributed by atoms with Gasteiger partial charge in [-0.15, -0.1) is 0 Å². The van der Waals surface area contributed by atoms with Gasteiger partial charge in [-0.3, -0.25) is 23.4 Å². The number of allylic oxidation sites excluding steroid dienone is 4. The fraction of sp³-hybridized carbons (Fsp3) is 0.821. The Balaban J connectivity index is 4.40. The summed E-state index contributed by atoms with van der Waals surface area (Å²) in [5.74, 6) is -2.39. The lowest BCUT2D eigenvalue weighted by atomic mass is 10.1. The van der Waals surface area contributed by atoms with Gasteiger partial charge in [-0.2, -0.15) is 0 Å². The maximum absolute atomic E-state index is 12.6. The highest BCUT2D eigenvalue weighted by Crippen LogP contribution is 2.43. The van der Waals surface area contributed by atoms with Gasteiger partial charge in [0, 0.05) is 12.8 Å². The number of rotatable bonds is 37. The van der Waals surface area contributed by atoms with E-state index < -0.39 is 51.1 Å². The van der Waals surface area contributed by atoms with Gasteiger partial charge in [0.15, 0.2) is 6.10 Å². The third kappa shape index (κ3) is 34.8. The Labute approximate surface area is 309 Å². The van der Waals surface area contributed by atoms with Gasteiger partial charge in [0.05, 0.1) is 13.2 Å². The van der Waals surface area contributed by atoms with E-state index in [0.29, 0.717) is 12.8 Å². The van der Waals surface area contributed by atoms with Crippen LogP contribution in [0.5, 0.6) is 0 Å². The maximum Gasteiger partial charge on any atom is 0.472 e. The second-order valence-corrected chi connectivity index (χ2v) is 14.9. The maximum atomic E-state index is 12.6. The van der Waals surface area contributed by atoms with E-state index in [2.05, 4.69) is 42.7 Å². The Kier molecular flexibility index (Phi) is 33.6. The number of hydrogen-bond donors (Lipinski definition) is 3. The molecule has 0 rings (SSSR count). The molecule has 0 aromatic carbocycles. The van der Waals surface area contributed by atoms with Crippen LogP contribution < -0.4 is 5.73 Å². The predicted molar refractivity (Wildman–Crippen MR) is 203 cm³/mol. The zero-order chi connectivity index (χ0) is 37.8. The number of unbranched alkanes of at least 4 members (excludes halogenated alkanes) is 19. The number of carbonyl (C=O) groups excluding carboxylic acids is 2. The fourth-order valence-electron chi connectivity index (χ4n) is 5.27. The molecule has 0 amide bonds. The first-order valence-corrected chi connectivity index (χ1v) is 21.4. The Morgan fingerprint density at radius 1 is 0.608 bits per heavy atom. The summed E-state index contributed by atoms with van der Waals surface area (Å²) in [4.78, 5) is 45.7. The van der Waals surface area contributed by atoms with Crippen molar-refractivity contribution in [3.8, 4) is 0 Å². The number of nitrogens with two attached hydrogens (primary N) is 1. The summed E-state index contributed by atoms with van der Waals surface area (Å²) in [6, 6.07) is -1.52. The number of ether oxygens (including phenoxy) is 2. The van der Waals surface area contributed by atoms with Crippen molar-refractivity contribution in [3.63, 3.8) is 0 Å². The summed E-state index contributed by atoms with van der Waals surface area (Å²) in [6.45, 7) is 2.74. The number of carboxylic acid groups (broad SMARTS) is 1. The molecule has 3 atom stereocenters. The molecule has 0 saturated heterocycles. The molecule has 298 valence electrons. The van der Waals surface area contributed by atoms with Gasteiger partial charge in [0.2, 0.25) is 0 Å². The van der Waals surface area contributed by atoms with Gasteiger partial charge >= 0.3 is 25.7 Å². The van der Waals surface area contributed by atoms with E-state index >= 15 is 0 Å². The lowest BCUT2D eigenvalue weighted by Crippen LogP contribution is -2.34. The molecule has 11 nitrogen and oxygen atoms in total. The molecular formula is C39H72NO10P. The van der Waals surface area contributed by atoms with E-state index in [-0.39, 0.29) is 19.4 Å². The summed E-state index contributed by atoms with van der Waals surface area (Å²) in [6.07, 6.45) is 33.9. The van der Waals surface area contributed by atoms with E-state index in [0.717, 1.165) is 57.8 Å². The van der Waals surface area contributed by atoms with Gasteiger partial charge in [0.25, 0.3) is 0 Å². The van der Waals surface area contributed by atoms with E-state index in [1.807, 2.05) is 0 Å². The molecule has 0 aromatic heterocycles. The van der Waals surface area contributed by atoms with Crippen LogP contribution in [-0.4, -0.2) is 59.9 Å². The van der Waals surface area contributed by atoms with Crippen LogP contribution >= 0.6 is 7.82 Å². The molecule has 0 radical (unpaired) electrons. The zero-order valence-electron chi connectivity index (χ0n) is 31.9. The van der Waals surface area contributed by atoms with Crippen molar-refractivity contribution in [2.24, 2.45) is 5.73 Å². The summed E-state index contributed by atoms with van der Waals surface area (Å²) < 4.78 is 32.6. The average molecular weight is 746 g/mol. The number of phosphoric ester groups is 1. The highest BCUT2D eigenvalue weighted by Gasteiger charge is 2.28. The predicted octanol–water partition coefficient (Wildman–Crippen LogP) is 9.89.